The van der Waals surface area contributed by atoms with Gasteiger partial charge in [0.2, 0.25) is 0 Å². The Morgan fingerprint density at radius 1 is 1.22 bits per heavy atom. The van der Waals surface area contributed by atoms with E-state index in [0.29, 0.717) is 19.5 Å². The Morgan fingerprint density at radius 2 is 1.74 bits per heavy atom. The van der Waals surface area contributed by atoms with Crippen LogP contribution in [0.1, 0.15) is 48.0 Å². The molecular formula is C16H26BBrN2O3. The van der Waals surface area contributed by atoms with E-state index in [0.717, 1.165) is 10.1 Å². The molecule has 1 amide bonds. The van der Waals surface area contributed by atoms with Gasteiger partial charge in [0.1, 0.15) is 0 Å². The van der Waals surface area contributed by atoms with E-state index in [1.54, 1.807) is 0 Å². The Morgan fingerprint density at radius 3 is 2.22 bits per heavy atom. The number of nitrogens with zero attached hydrogens (tertiary/aromatic N) is 2. The summed E-state index contributed by atoms with van der Waals surface area (Å²) in [7, 11) is -0.535. The van der Waals surface area contributed by atoms with E-state index in [4.69, 9.17) is 9.31 Å². The molecule has 2 heterocycles. The molecule has 0 radical (unpaired) electrons. The molecule has 0 spiro atoms. The van der Waals surface area contributed by atoms with Gasteiger partial charge < -0.3 is 19.0 Å². The fourth-order valence-electron chi connectivity index (χ4n) is 2.55. The third-order valence-electron chi connectivity index (χ3n) is 4.76. The van der Waals surface area contributed by atoms with E-state index in [1.807, 2.05) is 63.7 Å². The molecule has 0 bridgehead atoms. The van der Waals surface area contributed by atoms with E-state index in [2.05, 4.69) is 15.9 Å². The first-order valence-corrected chi connectivity index (χ1v) is 8.90. The van der Waals surface area contributed by atoms with E-state index in [-0.39, 0.29) is 5.91 Å². The summed E-state index contributed by atoms with van der Waals surface area (Å²) < 4.78 is 13.1. The molecule has 0 unspecified atom stereocenters. The van der Waals surface area contributed by atoms with Gasteiger partial charge in [0.15, 0.2) is 0 Å². The van der Waals surface area contributed by atoms with Crippen molar-refractivity contribution in [2.24, 2.45) is 0 Å². The molecule has 0 N–H and O–H groups in total. The third kappa shape index (κ3) is 3.67. The summed E-state index contributed by atoms with van der Waals surface area (Å²) in [4.78, 5) is 16.3. The van der Waals surface area contributed by atoms with Crippen LogP contribution in [0.3, 0.4) is 0 Å². The average molecular weight is 385 g/mol. The molecule has 128 valence electrons. The number of hydrogen-bond acceptors (Lipinski definition) is 4. The van der Waals surface area contributed by atoms with Gasteiger partial charge in [-0.25, -0.2) is 0 Å². The van der Waals surface area contributed by atoms with Crippen LogP contribution in [0.25, 0.3) is 0 Å². The molecule has 0 aromatic heterocycles. The van der Waals surface area contributed by atoms with Crippen molar-refractivity contribution >= 4 is 29.1 Å². The third-order valence-corrected chi connectivity index (χ3v) is 5.25. The number of amides is 1. The van der Waals surface area contributed by atoms with Crippen molar-refractivity contribution in [3.8, 4) is 0 Å². The smallest absolute Gasteiger partial charge is 0.384 e. The summed E-state index contributed by atoms with van der Waals surface area (Å²) in [5, 5.41) is 0. The normalized spacial score (nSPS) is 22.7. The first-order valence-electron chi connectivity index (χ1n) is 8.10. The lowest BCUT2D eigenvalue weighted by molar-refractivity contribution is -0.126. The first-order chi connectivity index (χ1) is 10.6. The first kappa shape index (κ1) is 18.6. The minimum absolute atomic E-state index is 0.0570. The maximum absolute atomic E-state index is 12.6. The molecule has 5 nitrogen and oxygen atoms in total. The van der Waals surface area contributed by atoms with Crippen molar-refractivity contribution < 1.29 is 14.1 Å². The molecule has 0 atom stereocenters. The van der Waals surface area contributed by atoms with E-state index < -0.39 is 18.5 Å². The van der Waals surface area contributed by atoms with Crippen molar-refractivity contribution in [3.63, 3.8) is 0 Å². The van der Waals surface area contributed by atoms with Gasteiger partial charge in [-0.1, -0.05) is 15.9 Å². The lowest BCUT2D eigenvalue weighted by Crippen LogP contribution is -2.41. The number of rotatable bonds is 4. The van der Waals surface area contributed by atoms with Crippen molar-refractivity contribution in [1.82, 2.24) is 9.71 Å². The highest BCUT2D eigenvalue weighted by Gasteiger charge is 2.54. The predicted octanol–water partition coefficient (Wildman–Crippen LogP) is 3.27. The van der Waals surface area contributed by atoms with Crippen LogP contribution in [-0.4, -0.2) is 47.2 Å². The highest BCUT2D eigenvalue weighted by atomic mass is 79.9. The van der Waals surface area contributed by atoms with Crippen LogP contribution in [0.4, 0.5) is 0 Å². The number of hydrogen-bond donors (Lipinski definition) is 0. The quantitative estimate of drug-likeness (QED) is 0.697. The average Bonchev–Trinajstić information content (AvgIpc) is 2.68. The topological polar surface area (TPSA) is 42.0 Å². The van der Waals surface area contributed by atoms with E-state index >= 15 is 0 Å². The fraction of sp³-hybridized carbons (Fsp3) is 0.688. The van der Waals surface area contributed by atoms with Crippen molar-refractivity contribution in [2.45, 2.75) is 59.2 Å². The molecule has 1 fully saturated rings. The van der Waals surface area contributed by atoms with Gasteiger partial charge in [0.05, 0.1) is 11.2 Å². The second-order valence-electron chi connectivity index (χ2n) is 6.90. The Hall–Kier alpha value is -0.785. The zero-order valence-electron chi connectivity index (χ0n) is 14.9. The fourth-order valence-corrected chi connectivity index (χ4v) is 3.09. The van der Waals surface area contributed by atoms with Gasteiger partial charge in [0.25, 0.3) is 5.91 Å². The molecule has 1 saturated heterocycles. The molecule has 2 rings (SSSR count). The summed E-state index contributed by atoms with van der Waals surface area (Å²) in [5.74, 6) is 0.0570. The number of likely N-dealkylation sites (N-methyl/N-ethyl adjacent to an activating group) is 1. The van der Waals surface area contributed by atoms with Gasteiger partial charge in [-0.15, -0.1) is 0 Å². The Kier molecular flexibility index (Phi) is 5.33. The SMILES string of the molecule is CCN(CC)C(=O)C1=CN(B2OC(C)(C)C(C)(C)O2)C=C(Br)C1. The molecular weight excluding hydrogens is 359 g/mol. The molecule has 0 aliphatic carbocycles. The number of halogens is 1. The van der Waals surface area contributed by atoms with Crippen LogP contribution in [0.2, 0.25) is 0 Å². The molecule has 2 aliphatic rings. The summed E-state index contributed by atoms with van der Waals surface area (Å²) >= 11 is 3.53. The van der Waals surface area contributed by atoms with E-state index in [9.17, 15) is 4.79 Å². The largest absolute Gasteiger partial charge is 0.598 e. The number of carbonyl (C=O) groups excluding carboxylic acids is 1. The van der Waals surface area contributed by atoms with Crippen LogP contribution in [0.15, 0.2) is 22.5 Å². The zero-order chi connectivity index (χ0) is 17.4. The number of allylic oxidation sites excluding steroid dienone is 1. The van der Waals surface area contributed by atoms with Crippen LogP contribution in [0.5, 0.6) is 0 Å². The predicted molar refractivity (Wildman–Crippen MR) is 95.6 cm³/mol. The minimum Gasteiger partial charge on any atom is -0.384 e. The van der Waals surface area contributed by atoms with Crippen molar-refractivity contribution in [2.75, 3.05) is 13.1 Å². The Labute approximate surface area is 148 Å². The van der Waals surface area contributed by atoms with Gasteiger partial charge in [-0.3, -0.25) is 4.79 Å². The second kappa shape index (κ2) is 6.61. The molecule has 23 heavy (non-hydrogen) atoms. The molecule has 0 aromatic carbocycles. The summed E-state index contributed by atoms with van der Waals surface area (Å²) in [6.07, 6.45) is 4.35. The van der Waals surface area contributed by atoms with Crippen molar-refractivity contribution in [3.05, 3.63) is 22.5 Å². The highest BCUT2D eigenvalue weighted by Crippen LogP contribution is 2.39. The van der Waals surface area contributed by atoms with Crippen LogP contribution in [-0.2, 0) is 14.1 Å². The maximum atomic E-state index is 12.6. The lowest BCUT2D eigenvalue weighted by atomic mass is 9.90. The summed E-state index contributed by atoms with van der Waals surface area (Å²) in [5.41, 5.74) is -0.0867. The van der Waals surface area contributed by atoms with Crippen LogP contribution >= 0.6 is 15.9 Å². The minimum atomic E-state index is -0.535. The molecule has 2 aliphatic heterocycles. The zero-order valence-corrected chi connectivity index (χ0v) is 16.4. The van der Waals surface area contributed by atoms with Crippen LogP contribution < -0.4 is 0 Å². The van der Waals surface area contributed by atoms with Gasteiger partial charge >= 0.3 is 7.25 Å². The number of carbonyl (C=O) groups is 1. The monoisotopic (exact) mass is 384 g/mol. The Balaban J connectivity index is 2.22. The van der Waals surface area contributed by atoms with Gasteiger partial charge in [-0.05, 0) is 41.5 Å². The van der Waals surface area contributed by atoms with Gasteiger partial charge in [-0.2, -0.15) is 0 Å². The van der Waals surface area contributed by atoms with Crippen LogP contribution in [0, 0.1) is 0 Å². The maximum Gasteiger partial charge on any atom is 0.598 e. The summed E-state index contributed by atoms with van der Waals surface area (Å²) in [6, 6.07) is 0. The molecule has 7 heteroatoms. The molecule has 0 aromatic rings. The lowest BCUT2D eigenvalue weighted by Gasteiger charge is -2.32. The summed E-state index contributed by atoms with van der Waals surface area (Å²) in [6.45, 7) is 13.4. The molecule has 0 saturated carbocycles. The highest BCUT2D eigenvalue weighted by molar-refractivity contribution is 9.11. The van der Waals surface area contributed by atoms with E-state index in [1.165, 1.54) is 0 Å². The standard InChI is InChI=1S/C16H26BBrN2O3/c1-7-19(8-2)14(21)12-9-13(18)11-20(10-12)17-22-15(3,4)16(5,6)23-17/h10-11H,7-9H2,1-6H3. The second-order valence-corrected chi connectivity index (χ2v) is 7.91. The van der Waals surface area contributed by atoms with Crippen molar-refractivity contribution in [1.29, 1.82) is 0 Å². The van der Waals surface area contributed by atoms with Gasteiger partial charge in [0, 0.05) is 42.0 Å². The Bertz CT molecular complexity index is 525.